The number of rotatable bonds is 13. The highest BCUT2D eigenvalue weighted by Crippen LogP contribution is 2.21. The molecule has 1 aromatic rings. The molecule has 0 spiro atoms. The van der Waals surface area contributed by atoms with Gasteiger partial charge in [-0.1, -0.05) is 12.8 Å². The van der Waals surface area contributed by atoms with Gasteiger partial charge in [0.05, 0.1) is 11.1 Å². The lowest BCUT2D eigenvalue weighted by atomic mass is 9.97. The van der Waals surface area contributed by atoms with Gasteiger partial charge in [0, 0.05) is 22.3 Å². The standard InChI is InChI=1S/C16H34N8OS/c1-15(2,23(18)13-19-17)9-5-7-11-26(25)12-8-6-10-16(3,4)24-14-20-21-22-24/h13-14H,5-12,17-18H2,1-4H3/b19-13-. The first-order valence-electron chi connectivity index (χ1n) is 9.05. The van der Waals surface area contributed by atoms with Crippen LogP contribution in [0.2, 0.25) is 0 Å². The van der Waals surface area contributed by atoms with Gasteiger partial charge in [0.2, 0.25) is 0 Å². The van der Waals surface area contributed by atoms with Crippen molar-refractivity contribution in [2.45, 2.75) is 77.3 Å². The average molecular weight is 387 g/mol. The van der Waals surface area contributed by atoms with E-state index in [0.29, 0.717) is 0 Å². The van der Waals surface area contributed by atoms with E-state index < -0.39 is 10.8 Å². The van der Waals surface area contributed by atoms with E-state index in [1.807, 2.05) is 13.8 Å². The van der Waals surface area contributed by atoms with Gasteiger partial charge in [-0.05, 0) is 63.8 Å². The third-order valence-corrected chi connectivity index (χ3v) is 6.17. The first kappa shape index (κ1) is 22.5. The van der Waals surface area contributed by atoms with E-state index >= 15 is 0 Å². The van der Waals surface area contributed by atoms with Gasteiger partial charge in [-0.25, -0.2) is 10.5 Å². The summed E-state index contributed by atoms with van der Waals surface area (Å²) >= 11 is 0. The van der Waals surface area contributed by atoms with Crippen LogP contribution in [0.4, 0.5) is 0 Å². The van der Waals surface area contributed by atoms with Crippen LogP contribution >= 0.6 is 0 Å². The summed E-state index contributed by atoms with van der Waals surface area (Å²) in [4.78, 5) is 0. The lowest BCUT2D eigenvalue weighted by molar-refractivity contribution is 0.206. The van der Waals surface area contributed by atoms with Crippen molar-refractivity contribution in [1.29, 1.82) is 0 Å². The minimum atomic E-state index is -0.766. The van der Waals surface area contributed by atoms with Gasteiger partial charge >= 0.3 is 0 Å². The number of unbranched alkanes of at least 4 members (excludes halogenated alkanes) is 2. The molecule has 150 valence electrons. The third kappa shape index (κ3) is 7.77. The molecule has 1 atom stereocenters. The van der Waals surface area contributed by atoms with Crippen LogP contribution in [-0.2, 0) is 16.3 Å². The van der Waals surface area contributed by atoms with Gasteiger partial charge in [-0.15, -0.1) is 5.10 Å². The Morgan fingerprint density at radius 2 is 1.77 bits per heavy atom. The molecule has 0 radical (unpaired) electrons. The number of hydrogen-bond acceptors (Lipinski definition) is 7. The third-order valence-electron chi connectivity index (χ3n) is 4.68. The van der Waals surface area contributed by atoms with E-state index in [1.165, 1.54) is 11.3 Å². The van der Waals surface area contributed by atoms with Crippen LogP contribution in [-0.4, -0.2) is 52.8 Å². The van der Waals surface area contributed by atoms with Crippen LogP contribution in [0.3, 0.4) is 0 Å². The topological polar surface area (TPSA) is 128 Å². The maximum absolute atomic E-state index is 12.2. The molecular weight excluding hydrogens is 352 g/mol. The molecule has 1 unspecified atom stereocenters. The molecule has 4 N–H and O–H groups in total. The Labute approximate surface area is 159 Å². The predicted molar refractivity (Wildman–Crippen MR) is 106 cm³/mol. The molecule has 0 aliphatic heterocycles. The van der Waals surface area contributed by atoms with Crippen LogP contribution in [0.15, 0.2) is 11.4 Å². The van der Waals surface area contributed by atoms with Gasteiger partial charge < -0.3 is 5.84 Å². The summed E-state index contributed by atoms with van der Waals surface area (Å²) in [7, 11) is -0.766. The zero-order valence-electron chi connectivity index (χ0n) is 16.5. The monoisotopic (exact) mass is 386 g/mol. The smallest absolute Gasteiger partial charge is 0.138 e. The van der Waals surface area contributed by atoms with E-state index in [1.54, 1.807) is 11.0 Å². The first-order valence-corrected chi connectivity index (χ1v) is 10.5. The second-order valence-corrected chi connectivity index (χ2v) is 9.51. The van der Waals surface area contributed by atoms with Gasteiger partial charge in [0.25, 0.3) is 0 Å². The summed E-state index contributed by atoms with van der Waals surface area (Å²) in [6.07, 6.45) is 8.78. The molecule has 1 heterocycles. The molecule has 0 saturated heterocycles. The molecule has 0 amide bonds. The molecule has 9 nitrogen and oxygen atoms in total. The number of hydrazone groups is 1. The van der Waals surface area contributed by atoms with Crippen molar-refractivity contribution in [2.75, 3.05) is 11.5 Å². The lowest BCUT2D eigenvalue weighted by Gasteiger charge is -2.33. The molecular formula is C16H34N8OS. The summed E-state index contributed by atoms with van der Waals surface area (Å²) in [5, 5.41) is 16.3. The van der Waals surface area contributed by atoms with Crippen molar-refractivity contribution in [3.63, 3.8) is 0 Å². The SMILES string of the molecule is CC(C)(CCCCS(=O)CCCCC(C)(C)n1cnnn1)N(N)/C=N\N. The number of aromatic nitrogens is 4. The van der Waals surface area contributed by atoms with Crippen molar-refractivity contribution < 1.29 is 4.21 Å². The van der Waals surface area contributed by atoms with Gasteiger partial charge in [-0.3, -0.25) is 9.22 Å². The maximum atomic E-state index is 12.2. The van der Waals surface area contributed by atoms with Crippen molar-refractivity contribution >= 4 is 17.1 Å². The number of nitrogens with two attached hydrogens (primary N) is 2. The minimum Gasteiger partial charge on any atom is -0.322 e. The summed E-state index contributed by atoms with van der Waals surface area (Å²) < 4.78 is 13.9. The van der Waals surface area contributed by atoms with E-state index in [9.17, 15) is 4.21 Å². The highest BCUT2D eigenvalue weighted by atomic mass is 32.2. The van der Waals surface area contributed by atoms with Crippen LogP contribution in [0, 0.1) is 0 Å². The second-order valence-electron chi connectivity index (χ2n) is 7.81. The molecule has 0 aliphatic rings. The molecule has 10 heteroatoms. The van der Waals surface area contributed by atoms with Crippen LogP contribution in [0.25, 0.3) is 0 Å². The van der Waals surface area contributed by atoms with Crippen LogP contribution in [0.1, 0.15) is 66.2 Å². The Morgan fingerprint density at radius 3 is 2.31 bits per heavy atom. The number of nitrogens with zero attached hydrogens (tertiary/aromatic N) is 6. The van der Waals surface area contributed by atoms with Gasteiger partial charge in [-0.2, -0.15) is 5.10 Å². The molecule has 0 fully saturated rings. The average Bonchev–Trinajstić information content (AvgIpc) is 3.11. The van der Waals surface area contributed by atoms with Crippen molar-refractivity contribution in [1.82, 2.24) is 25.2 Å². The van der Waals surface area contributed by atoms with Gasteiger partial charge in [0.1, 0.15) is 12.7 Å². The lowest BCUT2D eigenvalue weighted by Crippen LogP contribution is -2.48. The summed E-state index contributed by atoms with van der Waals surface area (Å²) in [6.45, 7) is 8.30. The van der Waals surface area contributed by atoms with Crippen molar-refractivity contribution in [3.8, 4) is 0 Å². The fraction of sp³-hybridized carbons (Fsp3) is 0.875. The van der Waals surface area contributed by atoms with E-state index in [-0.39, 0.29) is 11.1 Å². The Kier molecular flexibility index (Phi) is 9.14. The fourth-order valence-electron chi connectivity index (χ4n) is 2.65. The molecule has 1 rings (SSSR count). The number of hydrogen-bond donors (Lipinski definition) is 2. The normalized spacial score (nSPS) is 14.0. The quantitative estimate of drug-likeness (QED) is 0.172. The highest BCUT2D eigenvalue weighted by molar-refractivity contribution is 7.84. The highest BCUT2D eigenvalue weighted by Gasteiger charge is 2.22. The number of hydrazine groups is 1. The van der Waals surface area contributed by atoms with Crippen molar-refractivity contribution in [3.05, 3.63) is 6.33 Å². The largest absolute Gasteiger partial charge is 0.322 e. The van der Waals surface area contributed by atoms with Gasteiger partial charge in [0.15, 0.2) is 0 Å². The summed E-state index contributed by atoms with van der Waals surface area (Å²) in [5.74, 6) is 12.5. The summed E-state index contributed by atoms with van der Waals surface area (Å²) in [5.41, 5.74) is -0.330. The second kappa shape index (κ2) is 10.6. The van der Waals surface area contributed by atoms with E-state index in [4.69, 9.17) is 11.7 Å². The van der Waals surface area contributed by atoms with E-state index in [2.05, 4.69) is 34.5 Å². The zero-order valence-corrected chi connectivity index (χ0v) is 17.3. The molecule has 0 bridgehead atoms. The molecule has 26 heavy (non-hydrogen) atoms. The minimum absolute atomic E-state index is 0.114. The van der Waals surface area contributed by atoms with E-state index in [0.717, 1.165) is 50.0 Å². The Morgan fingerprint density at radius 1 is 1.15 bits per heavy atom. The molecule has 0 aromatic carbocycles. The van der Waals surface area contributed by atoms with Crippen LogP contribution in [0.5, 0.6) is 0 Å². The van der Waals surface area contributed by atoms with Crippen molar-refractivity contribution in [2.24, 2.45) is 16.8 Å². The maximum Gasteiger partial charge on any atom is 0.138 e. The molecule has 1 aromatic heterocycles. The Bertz CT molecular complexity index is 559. The zero-order chi connectivity index (χ0) is 19.6. The van der Waals surface area contributed by atoms with Crippen LogP contribution < -0.4 is 11.7 Å². The molecule has 0 aliphatic carbocycles. The predicted octanol–water partition coefficient (Wildman–Crippen LogP) is 1.35. The Hall–Kier alpha value is -1.55. The Balaban J connectivity index is 2.16. The molecule has 0 saturated carbocycles. The number of tetrazole rings is 1. The summed E-state index contributed by atoms with van der Waals surface area (Å²) in [6, 6.07) is 0. The fourth-order valence-corrected chi connectivity index (χ4v) is 3.91. The first-order chi connectivity index (χ1) is 12.2.